The molecule has 0 saturated carbocycles. The summed E-state index contributed by atoms with van der Waals surface area (Å²) in [4.78, 5) is 43.5. The average molecular weight is 416 g/mol. The normalized spacial score (nSPS) is 27.0. The number of hydrogen-bond acceptors (Lipinski definition) is 4. The van der Waals surface area contributed by atoms with Gasteiger partial charge in [0.05, 0.1) is 4.87 Å². The van der Waals surface area contributed by atoms with Gasteiger partial charge < -0.3 is 14.7 Å². The third-order valence-electron chi connectivity index (χ3n) is 6.43. The number of fused-ring (bicyclic) bond motifs is 1. The second-order valence-electron chi connectivity index (χ2n) is 8.66. The van der Waals surface area contributed by atoms with Gasteiger partial charge in [-0.25, -0.2) is 0 Å². The molecule has 3 amide bonds. The highest BCUT2D eigenvalue weighted by atomic mass is 32.2. The van der Waals surface area contributed by atoms with E-state index in [9.17, 15) is 14.4 Å². The van der Waals surface area contributed by atoms with Gasteiger partial charge in [-0.2, -0.15) is 0 Å². The van der Waals surface area contributed by atoms with E-state index in [1.54, 1.807) is 11.8 Å². The van der Waals surface area contributed by atoms with E-state index < -0.39 is 0 Å². The lowest BCUT2D eigenvalue weighted by Crippen LogP contribution is -2.56. The standard InChI is InChI=1S/C22H29N3O3S/c1-15(2)16-4-6-17(7-5-16)20(27)23-10-12-24(13-11-23)21(28)18-14-29-22(3)9-8-19(26)25(18)22/h4-7,15,18H,8-14H2,1-3H3/t18-,22+/m1/s1. The predicted molar refractivity (Wildman–Crippen MR) is 114 cm³/mol. The molecule has 4 rings (SSSR count). The van der Waals surface area contributed by atoms with Gasteiger partial charge in [0, 0.05) is 43.9 Å². The van der Waals surface area contributed by atoms with Crippen molar-refractivity contribution in [2.75, 3.05) is 31.9 Å². The van der Waals surface area contributed by atoms with Gasteiger partial charge in [0.1, 0.15) is 6.04 Å². The van der Waals surface area contributed by atoms with Crippen molar-refractivity contribution >= 4 is 29.5 Å². The van der Waals surface area contributed by atoms with Gasteiger partial charge in [-0.3, -0.25) is 14.4 Å². The molecule has 29 heavy (non-hydrogen) atoms. The van der Waals surface area contributed by atoms with Crippen LogP contribution in [-0.4, -0.2) is 75.3 Å². The van der Waals surface area contributed by atoms with Crippen LogP contribution in [0.3, 0.4) is 0 Å². The van der Waals surface area contributed by atoms with Gasteiger partial charge in [-0.1, -0.05) is 26.0 Å². The van der Waals surface area contributed by atoms with E-state index in [0.717, 1.165) is 6.42 Å². The summed E-state index contributed by atoms with van der Waals surface area (Å²) in [5.41, 5.74) is 1.91. The molecule has 3 heterocycles. The molecule has 1 aromatic carbocycles. The van der Waals surface area contributed by atoms with E-state index in [0.29, 0.717) is 49.8 Å². The lowest BCUT2D eigenvalue weighted by molar-refractivity contribution is -0.144. The van der Waals surface area contributed by atoms with Crippen molar-refractivity contribution in [2.24, 2.45) is 0 Å². The Labute approximate surface area is 176 Å². The van der Waals surface area contributed by atoms with Gasteiger partial charge in [-0.05, 0) is 37.0 Å². The Morgan fingerprint density at radius 2 is 1.69 bits per heavy atom. The molecule has 0 radical (unpaired) electrons. The molecule has 0 bridgehead atoms. The van der Waals surface area contributed by atoms with E-state index in [2.05, 4.69) is 20.8 Å². The van der Waals surface area contributed by atoms with Crippen LogP contribution >= 0.6 is 11.8 Å². The highest BCUT2D eigenvalue weighted by Gasteiger charge is 2.53. The van der Waals surface area contributed by atoms with Gasteiger partial charge in [0.25, 0.3) is 5.91 Å². The van der Waals surface area contributed by atoms with Crippen LogP contribution in [0.15, 0.2) is 24.3 Å². The summed E-state index contributed by atoms with van der Waals surface area (Å²) in [6, 6.07) is 7.46. The number of hydrogen-bond donors (Lipinski definition) is 0. The number of nitrogens with zero attached hydrogens (tertiary/aromatic N) is 3. The lowest BCUT2D eigenvalue weighted by Gasteiger charge is -2.38. The van der Waals surface area contributed by atoms with Gasteiger partial charge in [-0.15, -0.1) is 11.8 Å². The zero-order chi connectivity index (χ0) is 20.8. The number of benzene rings is 1. The van der Waals surface area contributed by atoms with Crippen molar-refractivity contribution in [3.05, 3.63) is 35.4 Å². The lowest BCUT2D eigenvalue weighted by atomic mass is 10.0. The maximum Gasteiger partial charge on any atom is 0.253 e. The highest BCUT2D eigenvalue weighted by molar-refractivity contribution is 8.01. The fourth-order valence-electron chi connectivity index (χ4n) is 4.54. The van der Waals surface area contributed by atoms with E-state index in [4.69, 9.17) is 0 Å². The van der Waals surface area contributed by atoms with Crippen molar-refractivity contribution < 1.29 is 14.4 Å². The second-order valence-corrected chi connectivity index (χ2v) is 10.2. The number of rotatable bonds is 3. The summed E-state index contributed by atoms with van der Waals surface area (Å²) >= 11 is 1.72. The van der Waals surface area contributed by atoms with E-state index >= 15 is 0 Å². The van der Waals surface area contributed by atoms with Crippen LogP contribution in [-0.2, 0) is 9.59 Å². The smallest absolute Gasteiger partial charge is 0.253 e. The fourth-order valence-corrected chi connectivity index (χ4v) is 5.96. The van der Waals surface area contributed by atoms with Crippen LogP contribution in [0.1, 0.15) is 55.5 Å². The minimum atomic E-state index is -0.356. The molecule has 0 aliphatic carbocycles. The first-order chi connectivity index (χ1) is 13.8. The summed E-state index contributed by atoms with van der Waals surface area (Å²) in [6.07, 6.45) is 1.35. The Bertz CT molecular complexity index is 817. The minimum Gasteiger partial charge on any atom is -0.337 e. The van der Waals surface area contributed by atoms with Crippen LogP contribution in [0.2, 0.25) is 0 Å². The number of carbonyl (C=O) groups excluding carboxylic acids is 3. The van der Waals surface area contributed by atoms with Crippen LogP contribution in [0.5, 0.6) is 0 Å². The molecule has 0 spiro atoms. The number of thioether (sulfide) groups is 1. The van der Waals surface area contributed by atoms with Gasteiger partial charge in [0.15, 0.2) is 0 Å². The quantitative estimate of drug-likeness (QED) is 0.761. The monoisotopic (exact) mass is 415 g/mol. The highest BCUT2D eigenvalue weighted by Crippen LogP contribution is 2.47. The number of piperazine rings is 1. The molecule has 2 atom stereocenters. The van der Waals surface area contributed by atoms with Crippen molar-refractivity contribution in [2.45, 2.75) is 50.4 Å². The molecule has 156 valence electrons. The minimum absolute atomic E-state index is 0.0196. The van der Waals surface area contributed by atoms with Gasteiger partial charge in [0.2, 0.25) is 11.8 Å². The van der Waals surface area contributed by atoms with Crippen LogP contribution < -0.4 is 0 Å². The van der Waals surface area contributed by atoms with Crippen LogP contribution in [0, 0.1) is 0 Å². The van der Waals surface area contributed by atoms with E-state index in [1.165, 1.54) is 5.56 Å². The molecule has 3 saturated heterocycles. The molecule has 1 aromatic rings. The molecular formula is C22H29N3O3S. The summed E-state index contributed by atoms with van der Waals surface area (Å²) in [5.74, 6) is 1.25. The molecule has 3 aliphatic heterocycles. The Morgan fingerprint density at radius 3 is 2.31 bits per heavy atom. The summed E-state index contributed by atoms with van der Waals surface area (Å²) in [5, 5.41) is 0. The summed E-state index contributed by atoms with van der Waals surface area (Å²) < 4.78 is 0. The zero-order valence-corrected chi connectivity index (χ0v) is 18.2. The zero-order valence-electron chi connectivity index (χ0n) is 17.4. The molecule has 0 aromatic heterocycles. The molecule has 7 heteroatoms. The Morgan fingerprint density at radius 1 is 1.07 bits per heavy atom. The SMILES string of the molecule is CC(C)c1ccc(C(=O)N2CCN(C(=O)[C@H]3CS[C@@]4(C)CCC(=O)N34)CC2)cc1. The maximum atomic E-state index is 13.1. The molecule has 0 N–H and O–H groups in total. The van der Waals surface area contributed by atoms with Crippen molar-refractivity contribution in [3.8, 4) is 0 Å². The van der Waals surface area contributed by atoms with Crippen molar-refractivity contribution in [3.63, 3.8) is 0 Å². The first-order valence-electron chi connectivity index (χ1n) is 10.4. The maximum absolute atomic E-state index is 13.1. The van der Waals surface area contributed by atoms with E-state index in [1.807, 2.05) is 39.0 Å². The van der Waals surface area contributed by atoms with Gasteiger partial charge >= 0.3 is 0 Å². The molecule has 0 unspecified atom stereocenters. The van der Waals surface area contributed by atoms with Crippen LogP contribution in [0.4, 0.5) is 0 Å². The third kappa shape index (κ3) is 3.65. The average Bonchev–Trinajstić information content (AvgIpc) is 3.23. The van der Waals surface area contributed by atoms with E-state index in [-0.39, 0.29) is 28.6 Å². The van der Waals surface area contributed by atoms with Crippen molar-refractivity contribution in [1.82, 2.24) is 14.7 Å². The van der Waals surface area contributed by atoms with Crippen molar-refractivity contribution in [1.29, 1.82) is 0 Å². The Kier molecular flexibility index (Phi) is 5.36. The first kappa shape index (κ1) is 20.3. The largest absolute Gasteiger partial charge is 0.337 e. The number of carbonyl (C=O) groups is 3. The molecular weight excluding hydrogens is 386 g/mol. The third-order valence-corrected chi connectivity index (χ3v) is 7.94. The Balaban J connectivity index is 1.36. The summed E-state index contributed by atoms with van der Waals surface area (Å²) in [6.45, 7) is 8.44. The van der Waals surface area contributed by atoms with Crippen LogP contribution in [0.25, 0.3) is 0 Å². The topological polar surface area (TPSA) is 60.9 Å². The fraction of sp³-hybridized carbons (Fsp3) is 0.591. The Hall–Kier alpha value is -2.02. The number of amides is 3. The predicted octanol–water partition coefficient (Wildman–Crippen LogP) is 2.55. The summed E-state index contributed by atoms with van der Waals surface area (Å²) in [7, 11) is 0. The first-order valence-corrected chi connectivity index (χ1v) is 11.4. The molecule has 3 fully saturated rings. The second kappa shape index (κ2) is 7.67. The molecule has 3 aliphatic rings. The molecule has 6 nitrogen and oxygen atoms in total.